The Balaban J connectivity index is 3.13. The fourth-order valence-electron chi connectivity index (χ4n) is 2.11. The summed E-state index contributed by atoms with van der Waals surface area (Å²) in [5.41, 5.74) is 5.21. The first-order valence-electron chi connectivity index (χ1n) is 6.78. The second-order valence-corrected chi connectivity index (χ2v) is 4.79. The van der Waals surface area contributed by atoms with Gasteiger partial charge < -0.3 is 15.8 Å². The smallest absolute Gasteiger partial charge is 0.271 e. The van der Waals surface area contributed by atoms with Gasteiger partial charge in [0.25, 0.3) is 5.69 Å². The topological polar surface area (TPSA) is 107 Å². The molecule has 1 amide bonds. The number of hydrogen-bond donors (Lipinski definition) is 2. The quantitative estimate of drug-likeness (QED) is 0.593. The highest BCUT2D eigenvalue weighted by atomic mass is 16.6. The zero-order chi connectivity index (χ0) is 16.0. The molecule has 0 saturated carbocycles. The molecule has 1 rings (SSSR count). The molecular formula is C14H21N3O4. The van der Waals surface area contributed by atoms with Crippen LogP contribution in [0, 0.1) is 15.5 Å². The molecule has 0 aliphatic heterocycles. The molecule has 0 atom stereocenters. The summed E-state index contributed by atoms with van der Waals surface area (Å²) < 4.78 is 5.13. The van der Waals surface area contributed by atoms with Crippen molar-refractivity contribution in [3.63, 3.8) is 0 Å². The van der Waals surface area contributed by atoms with Gasteiger partial charge in [0.2, 0.25) is 5.91 Å². The van der Waals surface area contributed by atoms with Crippen molar-refractivity contribution in [3.05, 3.63) is 28.3 Å². The number of nitro groups is 1. The van der Waals surface area contributed by atoms with Crippen molar-refractivity contribution < 1.29 is 14.5 Å². The number of nitrogens with one attached hydrogen (secondary N) is 1. The zero-order valence-corrected chi connectivity index (χ0v) is 12.5. The molecule has 0 spiro atoms. The van der Waals surface area contributed by atoms with Crippen molar-refractivity contribution in [2.45, 2.75) is 26.7 Å². The highest BCUT2D eigenvalue weighted by Gasteiger charge is 2.34. The van der Waals surface area contributed by atoms with Crippen LogP contribution in [-0.4, -0.2) is 24.5 Å². The molecule has 7 nitrogen and oxygen atoms in total. The van der Waals surface area contributed by atoms with Crippen molar-refractivity contribution in [1.82, 2.24) is 0 Å². The van der Waals surface area contributed by atoms with Crippen LogP contribution in [0.2, 0.25) is 0 Å². The van der Waals surface area contributed by atoms with Crippen molar-refractivity contribution in [2.24, 2.45) is 11.1 Å². The molecule has 0 aromatic heterocycles. The molecule has 0 aliphatic carbocycles. The van der Waals surface area contributed by atoms with Gasteiger partial charge in [0.15, 0.2) is 0 Å². The highest BCUT2D eigenvalue weighted by Crippen LogP contribution is 2.32. The molecule has 0 fully saturated rings. The molecule has 7 heteroatoms. The fourth-order valence-corrected chi connectivity index (χ4v) is 2.11. The van der Waals surface area contributed by atoms with E-state index in [0.717, 1.165) is 0 Å². The molecule has 0 bridgehead atoms. The maximum absolute atomic E-state index is 12.5. The average Bonchev–Trinajstić information content (AvgIpc) is 2.49. The summed E-state index contributed by atoms with van der Waals surface area (Å²) in [6.07, 6.45) is 1.17. The minimum Gasteiger partial charge on any atom is -0.495 e. The van der Waals surface area contributed by atoms with E-state index in [0.29, 0.717) is 18.6 Å². The van der Waals surface area contributed by atoms with Crippen LogP contribution in [0.3, 0.4) is 0 Å². The van der Waals surface area contributed by atoms with Crippen LogP contribution in [0.25, 0.3) is 0 Å². The van der Waals surface area contributed by atoms with Crippen molar-refractivity contribution >= 4 is 17.3 Å². The Morgan fingerprint density at radius 3 is 2.48 bits per heavy atom. The van der Waals surface area contributed by atoms with Crippen molar-refractivity contribution in [1.29, 1.82) is 0 Å². The molecule has 3 N–H and O–H groups in total. The fraction of sp³-hybridized carbons (Fsp3) is 0.500. The Kier molecular flexibility index (Phi) is 5.66. The first-order chi connectivity index (χ1) is 9.93. The molecule has 0 heterocycles. The van der Waals surface area contributed by atoms with E-state index < -0.39 is 10.3 Å². The summed E-state index contributed by atoms with van der Waals surface area (Å²) >= 11 is 0. The maximum atomic E-state index is 12.5. The number of amides is 1. The zero-order valence-electron chi connectivity index (χ0n) is 12.5. The average molecular weight is 295 g/mol. The maximum Gasteiger partial charge on any atom is 0.271 e. The number of hydrogen-bond acceptors (Lipinski definition) is 5. The summed E-state index contributed by atoms with van der Waals surface area (Å²) in [7, 11) is 1.44. The van der Waals surface area contributed by atoms with Crippen LogP contribution in [0.4, 0.5) is 11.4 Å². The predicted octanol–water partition coefficient (Wildman–Crippen LogP) is 2.31. The van der Waals surface area contributed by atoms with Gasteiger partial charge in [0.05, 0.1) is 23.1 Å². The molecule has 1 aromatic rings. The first-order valence-corrected chi connectivity index (χ1v) is 6.78. The van der Waals surface area contributed by atoms with E-state index >= 15 is 0 Å². The van der Waals surface area contributed by atoms with Crippen LogP contribution < -0.4 is 15.8 Å². The lowest BCUT2D eigenvalue weighted by atomic mass is 9.81. The number of carbonyl (C=O) groups is 1. The number of nitrogens with two attached hydrogens (primary N) is 1. The lowest BCUT2D eigenvalue weighted by Crippen LogP contribution is -2.41. The summed E-state index contributed by atoms with van der Waals surface area (Å²) in [4.78, 5) is 22.8. The monoisotopic (exact) mass is 295 g/mol. The van der Waals surface area contributed by atoms with Gasteiger partial charge >= 0.3 is 0 Å². The van der Waals surface area contributed by atoms with Crippen molar-refractivity contribution in [2.75, 3.05) is 19.0 Å². The van der Waals surface area contributed by atoms with Gasteiger partial charge in [-0.15, -0.1) is 0 Å². The molecule has 0 saturated heterocycles. The van der Waals surface area contributed by atoms with Gasteiger partial charge in [-0.25, -0.2) is 0 Å². The summed E-state index contributed by atoms with van der Waals surface area (Å²) in [6.45, 7) is 3.99. The Bertz CT molecular complexity index is 519. The first kappa shape index (κ1) is 16.9. The lowest BCUT2D eigenvalue weighted by Gasteiger charge is -2.28. The van der Waals surface area contributed by atoms with Crippen LogP contribution in [-0.2, 0) is 4.79 Å². The van der Waals surface area contributed by atoms with E-state index in [-0.39, 0.29) is 23.8 Å². The van der Waals surface area contributed by atoms with Gasteiger partial charge in [-0.3, -0.25) is 14.9 Å². The molecule has 0 radical (unpaired) electrons. The SMILES string of the molecule is CCC(CC)(CN)C(=O)Nc1cc([N+](=O)[O-])ccc1OC. The van der Waals surface area contributed by atoms with E-state index in [9.17, 15) is 14.9 Å². The van der Waals surface area contributed by atoms with Gasteiger partial charge in [-0.05, 0) is 18.9 Å². The summed E-state index contributed by atoms with van der Waals surface area (Å²) in [6, 6.07) is 4.06. The van der Waals surface area contributed by atoms with E-state index in [1.807, 2.05) is 13.8 Å². The number of carbonyl (C=O) groups excluding carboxylic acids is 1. The minimum absolute atomic E-state index is 0.113. The van der Waals surface area contributed by atoms with Gasteiger partial charge in [-0.2, -0.15) is 0 Å². The van der Waals surface area contributed by atoms with Crippen LogP contribution in [0.1, 0.15) is 26.7 Å². The Hall–Kier alpha value is -2.15. The van der Waals surface area contributed by atoms with E-state index in [1.165, 1.54) is 25.3 Å². The lowest BCUT2D eigenvalue weighted by molar-refractivity contribution is -0.384. The number of benzene rings is 1. The number of nitrogens with zero attached hydrogens (tertiary/aromatic N) is 1. The largest absolute Gasteiger partial charge is 0.495 e. The minimum atomic E-state index is -0.685. The molecular weight excluding hydrogens is 274 g/mol. The van der Waals surface area contributed by atoms with Gasteiger partial charge in [0, 0.05) is 18.7 Å². The van der Waals surface area contributed by atoms with Gasteiger partial charge in [0.1, 0.15) is 5.75 Å². The number of nitro benzene ring substituents is 1. The van der Waals surface area contributed by atoms with Crippen LogP contribution in [0.15, 0.2) is 18.2 Å². The molecule has 0 unspecified atom stereocenters. The third-order valence-electron chi connectivity index (χ3n) is 3.87. The van der Waals surface area contributed by atoms with E-state index in [4.69, 9.17) is 10.5 Å². The van der Waals surface area contributed by atoms with E-state index in [1.54, 1.807) is 0 Å². The molecule has 0 aliphatic rings. The van der Waals surface area contributed by atoms with Crippen LogP contribution >= 0.6 is 0 Å². The van der Waals surface area contributed by atoms with Crippen LogP contribution in [0.5, 0.6) is 5.75 Å². The Morgan fingerprint density at radius 2 is 2.05 bits per heavy atom. The Morgan fingerprint density at radius 1 is 1.43 bits per heavy atom. The number of anilines is 1. The standard InChI is InChI=1S/C14H21N3O4/c1-4-14(5-2,9-15)13(18)16-11-8-10(17(19)20)6-7-12(11)21-3/h6-8H,4-5,9,15H2,1-3H3,(H,16,18). The normalized spacial score (nSPS) is 11.0. The molecule has 1 aromatic carbocycles. The number of non-ortho nitro benzene ring substituents is 1. The Labute approximate surface area is 123 Å². The summed E-state index contributed by atoms with van der Waals surface area (Å²) in [5.74, 6) is 0.112. The molecule has 116 valence electrons. The second kappa shape index (κ2) is 7.03. The highest BCUT2D eigenvalue weighted by molar-refractivity contribution is 5.97. The van der Waals surface area contributed by atoms with Crippen molar-refractivity contribution in [3.8, 4) is 5.75 Å². The second-order valence-electron chi connectivity index (χ2n) is 4.79. The van der Waals surface area contributed by atoms with Gasteiger partial charge in [-0.1, -0.05) is 13.8 Å². The third-order valence-corrected chi connectivity index (χ3v) is 3.87. The summed E-state index contributed by atoms with van der Waals surface area (Å²) in [5, 5.41) is 13.5. The number of ether oxygens (including phenoxy) is 1. The number of methoxy groups -OCH3 is 1. The van der Waals surface area contributed by atoms with E-state index in [2.05, 4.69) is 5.32 Å². The number of rotatable bonds is 7. The predicted molar refractivity (Wildman–Crippen MR) is 80.3 cm³/mol. The third kappa shape index (κ3) is 3.49. The molecule has 21 heavy (non-hydrogen) atoms.